The summed E-state index contributed by atoms with van der Waals surface area (Å²) in [6.07, 6.45) is 3.56. The first kappa shape index (κ1) is 9.97. The summed E-state index contributed by atoms with van der Waals surface area (Å²) in [5.41, 5.74) is 0. The number of piperazine rings is 1. The Hall–Kier alpha value is -0.570. The van der Waals surface area contributed by atoms with Gasteiger partial charge in [-0.2, -0.15) is 0 Å². The van der Waals surface area contributed by atoms with Gasteiger partial charge < -0.3 is 4.90 Å². The average Bonchev–Trinajstić information content (AvgIpc) is 2.62. The van der Waals surface area contributed by atoms with Crippen LogP contribution >= 0.6 is 0 Å². The van der Waals surface area contributed by atoms with Crippen molar-refractivity contribution >= 4 is 5.84 Å². The fourth-order valence-electron chi connectivity index (χ4n) is 2.77. The minimum absolute atomic E-state index is 0.539. The fraction of sp³-hybridized carbons (Fsp3) is 0.909. The summed E-state index contributed by atoms with van der Waals surface area (Å²) in [6, 6.07) is 1.27. The largest absolute Gasteiger partial charge is 0.355 e. The van der Waals surface area contributed by atoms with Gasteiger partial charge in [-0.1, -0.05) is 6.92 Å². The van der Waals surface area contributed by atoms with Gasteiger partial charge in [0.15, 0.2) is 0 Å². The van der Waals surface area contributed by atoms with Crippen molar-refractivity contribution in [2.75, 3.05) is 19.6 Å². The van der Waals surface area contributed by atoms with Crippen LogP contribution in [0.4, 0.5) is 0 Å². The first-order chi connectivity index (χ1) is 6.72. The normalized spacial score (nSPS) is 33.1. The maximum Gasteiger partial charge on any atom is 0.0958 e. The molecule has 2 rings (SSSR count). The molecule has 0 bridgehead atoms. The molecule has 0 spiro atoms. The standard InChI is InChI=1S/C11H21N3/c1-3-11(12)14-8-10-5-4-6-13(10)7-9(14)2/h9-10,12H,3-8H2,1-2H3. The van der Waals surface area contributed by atoms with Crippen molar-refractivity contribution in [3.8, 4) is 0 Å². The lowest BCUT2D eigenvalue weighted by atomic mass is 10.1. The highest BCUT2D eigenvalue weighted by Gasteiger charge is 2.34. The molecule has 2 heterocycles. The van der Waals surface area contributed by atoms with E-state index in [1.165, 1.54) is 19.4 Å². The maximum absolute atomic E-state index is 7.92. The lowest BCUT2D eigenvalue weighted by Gasteiger charge is -2.43. The Morgan fingerprint density at radius 3 is 2.93 bits per heavy atom. The van der Waals surface area contributed by atoms with Crippen molar-refractivity contribution in [2.24, 2.45) is 0 Å². The van der Waals surface area contributed by atoms with Gasteiger partial charge in [0.1, 0.15) is 0 Å². The molecule has 80 valence electrons. The summed E-state index contributed by atoms with van der Waals surface area (Å²) in [7, 11) is 0. The van der Waals surface area contributed by atoms with Crippen molar-refractivity contribution < 1.29 is 0 Å². The lowest BCUT2D eigenvalue weighted by Crippen LogP contribution is -2.56. The second-order valence-corrected chi connectivity index (χ2v) is 4.59. The van der Waals surface area contributed by atoms with Gasteiger partial charge in [0.25, 0.3) is 0 Å². The van der Waals surface area contributed by atoms with Gasteiger partial charge in [0.05, 0.1) is 5.84 Å². The number of fused-ring (bicyclic) bond motifs is 1. The number of hydrogen-bond acceptors (Lipinski definition) is 2. The van der Waals surface area contributed by atoms with Crippen molar-refractivity contribution in [1.29, 1.82) is 5.41 Å². The molecule has 0 aliphatic carbocycles. The number of nitrogens with zero attached hydrogens (tertiary/aromatic N) is 2. The molecule has 2 fully saturated rings. The Morgan fingerprint density at radius 2 is 2.21 bits per heavy atom. The van der Waals surface area contributed by atoms with Crippen molar-refractivity contribution in [3.05, 3.63) is 0 Å². The van der Waals surface area contributed by atoms with Gasteiger partial charge in [-0.25, -0.2) is 0 Å². The third-order valence-corrected chi connectivity index (χ3v) is 3.62. The fourth-order valence-corrected chi connectivity index (χ4v) is 2.77. The molecule has 2 atom stereocenters. The SMILES string of the molecule is CCC(=N)N1CC2CCCN2CC1C. The van der Waals surface area contributed by atoms with E-state index >= 15 is 0 Å². The highest BCUT2D eigenvalue weighted by molar-refractivity contribution is 5.79. The molecule has 0 radical (unpaired) electrons. The summed E-state index contributed by atoms with van der Waals surface area (Å²) < 4.78 is 0. The third-order valence-electron chi connectivity index (χ3n) is 3.62. The highest BCUT2D eigenvalue weighted by atomic mass is 15.3. The molecule has 0 aromatic rings. The predicted octanol–water partition coefficient (Wildman–Crippen LogP) is 1.54. The Kier molecular flexibility index (Phi) is 2.77. The van der Waals surface area contributed by atoms with Crippen LogP contribution in [-0.2, 0) is 0 Å². The van der Waals surface area contributed by atoms with Crippen LogP contribution in [-0.4, -0.2) is 47.4 Å². The molecular formula is C11H21N3. The molecule has 3 heteroatoms. The first-order valence-corrected chi connectivity index (χ1v) is 5.80. The van der Waals surface area contributed by atoms with Crippen LogP contribution in [0.2, 0.25) is 0 Å². The molecule has 14 heavy (non-hydrogen) atoms. The van der Waals surface area contributed by atoms with E-state index < -0.39 is 0 Å². The molecule has 0 saturated carbocycles. The predicted molar refractivity (Wildman–Crippen MR) is 58.8 cm³/mol. The topological polar surface area (TPSA) is 30.3 Å². The molecule has 0 aromatic carbocycles. The van der Waals surface area contributed by atoms with Gasteiger partial charge in [-0.05, 0) is 26.3 Å². The molecule has 2 aliphatic rings. The zero-order valence-corrected chi connectivity index (χ0v) is 9.29. The van der Waals surface area contributed by atoms with Crippen LogP contribution in [0, 0.1) is 5.41 Å². The van der Waals surface area contributed by atoms with Gasteiger partial charge in [-0.15, -0.1) is 0 Å². The summed E-state index contributed by atoms with van der Waals surface area (Å²) in [4.78, 5) is 4.90. The monoisotopic (exact) mass is 195 g/mol. The minimum atomic E-state index is 0.539. The maximum atomic E-state index is 7.92. The summed E-state index contributed by atoms with van der Waals surface area (Å²) in [5, 5.41) is 7.92. The van der Waals surface area contributed by atoms with Crippen LogP contribution < -0.4 is 0 Å². The van der Waals surface area contributed by atoms with Crippen LogP contribution in [0.3, 0.4) is 0 Å². The molecule has 2 unspecified atom stereocenters. The Balaban J connectivity index is 2.02. The molecule has 2 aliphatic heterocycles. The van der Waals surface area contributed by atoms with Crippen LogP contribution in [0.5, 0.6) is 0 Å². The minimum Gasteiger partial charge on any atom is -0.355 e. The van der Waals surface area contributed by atoms with Crippen molar-refractivity contribution in [3.63, 3.8) is 0 Å². The van der Waals surface area contributed by atoms with E-state index in [1.807, 2.05) is 0 Å². The lowest BCUT2D eigenvalue weighted by molar-refractivity contribution is 0.107. The van der Waals surface area contributed by atoms with E-state index in [0.717, 1.165) is 31.4 Å². The van der Waals surface area contributed by atoms with E-state index in [0.29, 0.717) is 6.04 Å². The van der Waals surface area contributed by atoms with E-state index in [-0.39, 0.29) is 0 Å². The van der Waals surface area contributed by atoms with E-state index in [1.54, 1.807) is 0 Å². The third kappa shape index (κ3) is 1.65. The Bertz CT molecular complexity index is 227. The highest BCUT2D eigenvalue weighted by Crippen LogP contribution is 2.24. The summed E-state index contributed by atoms with van der Waals surface area (Å²) in [6.45, 7) is 7.86. The van der Waals surface area contributed by atoms with E-state index in [4.69, 9.17) is 5.41 Å². The number of nitrogens with one attached hydrogen (secondary N) is 1. The number of hydrogen-bond donors (Lipinski definition) is 1. The summed E-state index contributed by atoms with van der Waals surface area (Å²) >= 11 is 0. The molecule has 0 aromatic heterocycles. The molecular weight excluding hydrogens is 174 g/mol. The quantitative estimate of drug-likeness (QED) is 0.508. The van der Waals surface area contributed by atoms with Gasteiger partial charge in [0.2, 0.25) is 0 Å². The average molecular weight is 195 g/mol. The number of rotatable bonds is 1. The molecule has 1 N–H and O–H groups in total. The van der Waals surface area contributed by atoms with Gasteiger partial charge in [-0.3, -0.25) is 10.3 Å². The first-order valence-electron chi connectivity index (χ1n) is 5.80. The van der Waals surface area contributed by atoms with E-state index in [2.05, 4.69) is 23.6 Å². The Morgan fingerprint density at radius 1 is 1.43 bits per heavy atom. The molecule has 2 saturated heterocycles. The van der Waals surface area contributed by atoms with Crippen molar-refractivity contribution in [2.45, 2.75) is 45.2 Å². The van der Waals surface area contributed by atoms with Crippen LogP contribution in [0.15, 0.2) is 0 Å². The number of amidine groups is 1. The summed E-state index contributed by atoms with van der Waals surface area (Å²) in [5.74, 6) is 0.823. The second kappa shape index (κ2) is 3.89. The van der Waals surface area contributed by atoms with Crippen molar-refractivity contribution in [1.82, 2.24) is 9.80 Å². The molecule has 3 nitrogen and oxygen atoms in total. The van der Waals surface area contributed by atoms with E-state index in [9.17, 15) is 0 Å². The van der Waals surface area contributed by atoms with Gasteiger partial charge >= 0.3 is 0 Å². The Labute approximate surface area is 86.6 Å². The smallest absolute Gasteiger partial charge is 0.0958 e. The van der Waals surface area contributed by atoms with Crippen LogP contribution in [0.25, 0.3) is 0 Å². The molecule has 0 amide bonds. The second-order valence-electron chi connectivity index (χ2n) is 4.59. The van der Waals surface area contributed by atoms with Crippen LogP contribution in [0.1, 0.15) is 33.1 Å². The zero-order chi connectivity index (χ0) is 10.1. The zero-order valence-electron chi connectivity index (χ0n) is 9.29. The van der Waals surface area contributed by atoms with Gasteiger partial charge in [0, 0.05) is 31.6 Å².